The molecule has 0 aliphatic rings. The van der Waals surface area contributed by atoms with Crippen LogP contribution in [0.5, 0.6) is 0 Å². The monoisotopic (exact) mass is 279 g/mol. The van der Waals surface area contributed by atoms with Crippen LogP contribution < -0.4 is 16.8 Å². The van der Waals surface area contributed by atoms with Gasteiger partial charge in [-0.2, -0.15) is 4.99 Å². The van der Waals surface area contributed by atoms with Gasteiger partial charge < -0.3 is 16.8 Å². The van der Waals surface area contributed by atoms with Gasteiger partial charge in [-0.05, 0) is 12.5 Å². The number of amidine groups is 1. The Balaban J connectivity index is 2.40. The van der Waals surface area contributed by atoms with Crippen LogP contribution in [-0.2, 0) is 4.79 Å². The van der Waals surface area contributed by atoms with E-state index in [2.05, 4.69) is 10.3 Å². The van der Waals surface area contributed by atoms with Crippen molar-refractivity contribution in [3.05, 3.63) is 35.9 Å². The molecule has 0 saturated carbocycles. The summed E-state index contributed by atoms with van der Waals surface area (Å²) in [4.78, 5) is 15.2. The lowest BCUT2D eigenvalue weighted by atomic mass is 10.1. The molecule has 1 atom stereocenters. The van der Waals surface area contributed by atoms with Crippen molar-refractivity contribution in [3.8, 4) is 0 Å². The maximum atomic E-state index is 11.7. The van der Waals surface area contributed by atoms with E-state index in [1.165, 1.54) is 0 Å². The first-order chi connectivity index (χ1) is 8.99. The molecular formula is C12H17N5OS. The Hall–Kier alpha value is -2.02. The summed E-state index contributed by atoms with van der Waals surface area (Å²) in [6, 6.07) is 9.57. The second kappa shape index (κ2) is 7.42. The molecule has 19 heavy (non-hydrogen) atoms. The molecule has 102 valence electrons. The lowest BCUT2D eigenvalue weighted by Gasteiger charge is -2.13. The van der Waals surface area contributed by atoms with Crippen LogP contribution in [0.25, 0.3) is 0 Å². The largest absolute Gasteiger partial charge is 0.370 e. The van der Waals surface area contributed by atoms with Gasteiger partial charge in [0.2, 0.25) is 5.91 Å². The highest BCUT2D eigenvalue weighted by atomic mass is 32.2. The second-order valence-electron chi connectivity index (χ2n) is 3.83. The third-order valence-electron chi connectivity index (χ3n) is 2.25. The summed E-state index contributed by atoms with van der Waals surface area (Å²) >= 11 is 0.974. The summed E-state index contributed by atoms with van der Waals surface area (Å²) in [5, 5.41) is 10.2. The predicted molar refractivity (Wildman–Crippen MR) is 79.0 cm³/mol. The summed E-state index contributed by atoms with van der Waals surface area (Å²) in [5.74, 6) is -0.250. The SMILES string of the molecule is CC(NC(=O)CSC(=N)N=C(N)N)c1ccccc1. The number of carbonyl (C=O) groups excluding carboxylic acids is 1. The molecule has 6 N–H and O–H groups in total. The van der Waals surface area contributed by atoms with Gasteiger partial charge in [-0.1, -0.05) is 42.1 Å². The van der Waals surface area contributed by atoms with Gasteiger partial charge in [-0.15, -0.1) is 0 Å². The van der Waals surface area contributed by atoms with Crippen LogP contribution in [-0.4, -0.2) is 22.8 Å². The molecule has 1 aromatic rings. The quantitative estimate of drug-likeness (QED) is 0.481. The minimum absolute atomic E-state index is 0.0773. The normalized spacial score (nSPS) is 11.4. The Morgan fingerprint density at radius 2 is 2.05 bits per heavy atom. The fourth-order valence-electron chi connectivity index (χ4n) is 1.39. The van der Waals surface area contributed by atoms with Gasteiger partial charge in [-0.25, -0.2) is 0 Å². The van der Waals surface area contributed by atoms with Gasteiger partial charge in [0.25, 0.3) is 0 Å². The first-order valence-corrected chi connectivity index (χ1v) is 6.63. The molecule has 6 nitrogen and oxygen atoms in total. The van der Waals surface area contributed by atoms with Crippen LogP contribution in [0.1, 0.15) is 18.5 Å². The highest BCUT2D eigenvalue weighted by Crippen LogP contribution is 2.11. The average Bonchev–Trinajstić information content (AvgIpc) is 2.36. The summed E-state index contributed by atoms with van der Waals surface area (Å²) in [6.07, 6.45) is 0. The van der Waals surface area contributed by atoms with Crippen molar-refractivity contribution in [2.45, 2.75) is 13.0 Å². The predicted octanol–water partition coefficient (Wildman–Crippen LogP) is 0.805. The number of thioether (sulfide) groups is 1. The molecule has 0 bridgehead atoms. The molecular weight excluding hydrogens is 262 g/mol. The van der Waals surface area contributed by atoms with Crippen LogP contribution in [0, 0.1) is 5.41 Å². The molecule has 1 amide bonds. The van der Waals surface area contributed by atoms with E-state index in [-0.39, 0.29) is 28.8 Å². The minimum Gasteiger partial charge on any atom is -0.370 e. The van der Waals surface area contributed by atoms with E-state index < -0.39 is 0 Å². The van der Waals surface area contributed by atoms with E-state index in [1.807, 2.05) is 37.3 Å². The highest BCUT2D eigenvalue weighted by molar-refractivity contribution is 8.14. The molecule has 0 radical (unpaired) electrons. The maximum absolute atomic E-state index is 11.7. The molecule has 0 aliphatic heterocycles. The second-order valence-corrected chi connectivity index (χ2v) is 4.79. The van der Waals surface area contributed by atoms with Gasteiger partial charge in [0, 0.05) is 0 Å². The standard InChI is InChI=1S/C12H17N5OS/c1-8(9-5-3-2-4-6-9)16-10(18)7-19-12(15)17-11(13)14/h2-6,8H,7H2,1H3,(H,16,18)(H5,13,14,15,17). The van der Waals surface area contributed by atoms with Crippen LogP contribution in [0.3, 0.4) is 0 Å². The zero-order valence-corrected chi connectivity index (χ0v) is 11.4. The molecule has 0 saturated heterocycles. The Morgan fingerprint density at radius 3 is 2.63 bits per heavy atom. The Kier molecular flexibility index (Phi) is 5.87. The van der Waals surface area contributed by atoms with Crippen molar-refractivity contribution in [1.29, 1.82) is 5.41 Å². The fourth-order valence-corrected chi connectivity index (χ4v) is 1.91. The number of hydrogen-bond donors (Lipinski definition) is 4. The highest BCUT2D eigenvalue weighted by Gasteiger charge is 2.10. The number of nitrogens with one attached hydrogen (secondary N) is 2. The third kappa shape index (κ3) is 5.91. The summed E-state index contributed by atoms with van der Waals surface area (Å²) in [5.41, 5.74) is 11.3. The Morgan fingerprint density at radius 1 is 1.42 bits per heavy atom. The number of nitrogens with two attached hydrogens (primary N) is 2. The van der Waals surface area contributed by atoms with Gasteiger partial charge >= 0.3 is 0 Å². The van der Waals surface area contributed by atoms with E-state index in [1.54, 1.807) is 0 Å². The molecule has 0 spiro atoms. The maximum Gasteiger partial charge on any atom is 0.230 e. The van der Waals surface area contributed by atoms with Crippen molar-refractivity contribution >= 4 is 28.8 Å². The van der Waals surface area contributed by atoms with Crippen molar-refractivity contribution in [2.24, 2.45) is 16.5 Å². The molecule has 0 heterocycles. The first-order valence-electron chi connectivity index (χ1n) is 5.64. The van der Waals surface area contributed by atoms with Gasteiger partial charge in [0.1, 0.15) is 0 Å². The van der Waals surface area contributed by atoms with Crippen LogP contribution in [0.2, 0.25) is 0 Å². The van der Waals surface area contributed by atoms with E-state index >= 15 is 0 Å². The van der Waals surface area contributed by atoms with Crippen molar-refractivity contribution in [2.75, 3.05) is 5.75 Å². The van der Waals surface area contributed by atoms with E-state index in [9.17, 15) is 4.79 Å². The molecule has 1 unspecified atom stereocenters. The number of benzene rings is 1. The van der Waals surface area contributed by atoms with Crippen LogP contribution in [0.4, 0.5) is 0 Å². The number of hydrogen-bond acceptors (Lipinski definition) is 3. The average molecular weight is 279 g/mol. The number of nitrogens with zero attached hydrogens (tertiary/aromatic N) is 1. The number of rotatable bonds is 4. The minimum atomic E-state index is -0.185. The molecule has 0 aromatic heterocycles. The van der Waals surface area contributed by atoms with E-state index in [0.717, 1.165) is 17.3 Å². The number of amides is 1. The lowest BCUT2D eigenvalue weighted by molar-refractivity contribution is -0.119. The van der Waals surface area contributed by atoms with Crippen LogP contribution >= 0.6 is 11.8 Å². The summed E-state index contributed by atoms with van der Waals surface area (Å²) in [7, 11) is 0. The molecule has 1 rings (SSSR count). The van der Waals surface area contributed by atoms with Gasteiger partial charge in [0.15, 0.2) is 11.1 Å². The molecule has 7 heteroatoms. The number of aliphatic imine (C=N–C) groups is 1. The summed E-state index contributed by atoms with van der Waals surface area (Å²) in [6.45, 7) is 1.90. The first kappa shape index (κ1) is 15.0. The van der Waals surface area contributed by atoms with Crippen molar-refractivity contribution in [3.63, 3.8) is 0 Å². The smallest absolute Gasteiger partial charge is 0.230 e. The summed E-state index contributed by atoms with van der Waals surface area (Å²) < 4.78 is 0. The van der Waals surface area contributed by atoms with Crippen molar-refractivity contribution in [1.82, 2.24) is 5.32 Å². The fraction of sp³-hybridized carbons (Fsp3) is 0.250. The topological polar surface area (TPSA) is 117 Å². The van der Waals surface area contributed by atoms with E-state index in [0.29, 0.717) is 0 Å². The van der Waals surface area contributed by atoms with Gasteiger partial charge in [0.05, 0.1) is 11.8 Å². The van der Waals surface area contributed by atoms with Gasteiger partial charge in [-0.3, -0.25) is 10.2 Å². The zero-order chi connectivity index (χ0) is 14.3. The van der Waals surface area contributed by atoms with Crippen molar-refractivity contribution < 1.29 is 4.79 Å². The molecule has 1 aromatic carbocycles. The lowest BCUT2D eigenvalue weighted by Crippen LogP contribution is -2.28. The number of guanidine groups is 1. The Bertz CT molecular complexity index is 470. The van der Waals surface area contributed by atoms with E-state index in [4.69, 9.17) is 16.9 Å². The Labute approximate surface area is 116 Å². The third-order valence-corrected chi connectivity index (χ3v) is 3.02. The molecule has 0 aliphatic carbocycles. The van der Waals surface area contributed by atoms with Crippen LogP contribution in [0.15, 0.2) is 35.3 Å². The molecule has 0 fully saturated rings. The zero-order valence-electron chi connectivity index (χ0n) is 10.6. The number of carbonyl (C=O) groups is 1.